The molecule has 7 atom stereocenters. The molecule has 2 saturated carbocycles. The minimum absolute atomic E-state index is 0.0676. The lowest BCUT2D eigenvalue weighted by atomic mass is 9.73. The number of amides is 1. The van der Waals surface area contributed by atoms with Crippen molar-refractivity contribution in [3.63, 3.8) is 0 Å². The van der Waals surface area contributed by atoms with Crippen molar-refractivity contribution in [2.75, 3.05) is 19.7 Å². The zero-order valence-corrected chi connectivity index (χ0v) is 16.3. The normalized spacial score (nSPS) is 42.4. The van der Waals surface area contributed by atoms with E-state index in [0.29, 0.717) is 30.3 Å². The number of rotatable bonds is 6. The fourth-order valence-corrected chi connectivity index (χ4v) is 5.64. The quantitative estimate of drug-likeness (QED) is 0.444. The molecule has 0 aromatic rings. The predicted octanol–water partition coefficient (Wildman–Crippen LogP) is 0.0553. The minimum Gasteiger partial charge on any atom is -0.395 e. The molecule has 4 rings (SSSR count). The lowest BCUT2D eigenvalue weighted by Crippen LogP contribution is -2.51. The molecule has 4 fully saturated rings. The van der Waals surface area contributed by atoms with Gasteiger partial charge in [0.1, 0.15) is 12.3 Å². The molecule has 8 nitrogen and oxygen atoms in total. The number of carbonyl (C=O) groups is 1. The lowest BCUT2D eigenvalue weighted by molar-refractivity contribution is -0.127. The Bertz CT molecular complexity index is 522. The van der Waals surface area contributed by atoms with Crippen LogP contribution in [0.3, 0.4) is 0 Å². The van der Waals surface area contributed by atoms with Crippen LogP contribution in [0.4, 0.5) is 0 Å². The van der Waals surface area contributed by atoms with Crippen LogP contribution in [0.2, 0.25) is 0 Å². The number of β-amino-alcohol motifs (C(OH)–C–C–N with tert-alkyl or cyclic N) is 1. The molecule has 0 aromatic heterocycles. The summed E-state index contributed by atoms with van der Waals surface area (Å²) < 4.78 is 0. The second-order valence-electron chi connectivity index (χ2n) is 8.60. The van der Waals surface area contributed by atoms with Crippen molar-refractivity contribution in [2.24, 2.45) is 17.8 Å². The molecule has 0 spiro atoms. The molecular weight excluding hydrogens is 346 g/mol. The maximum Gasteiger partial charge on any atom is 0.239 e. The minimum atomic E-state index is -0.150. The van der Waals surface area contributed by atoms with Gasteiger partial charge in [-0.15, -0.1) is 0 Å². The van der Waals surface area contributed by atoms with Crippen LogP contribution in [0.25, 0.3) is 0 Å². The van der Waals surface area contributed by atoms with Gasteiger partial charge in [0, 0.05) is 19.1 Å². The van der Waals surface area contributed by atoms with Crippen LogP contribution in [0.5, 0.6) is 0 Å². The summed E-state index contributed by atoms with van der Waals surface area (Å²) in [5.74, 6) is 2.04. The third-order valence-electron chi connectivity index (χ3n) is 7.07. The number of hydrogen-bond donors (Lipinski definition) is 5. The second-order valence-corrected chi connectivity index (χ2v) is 8.60. The molecule has 0 aromatic carbocycles. The van der Waals surface area contributed by atoms with E-state index in [1.807, 2.05) is 5.01 Å². The first-order valence-corrected chi connectivity index (χ1v) is 10.8. The zero-order valence-electron chi connectivity index (χ0n) is 16.3. The van der Waals surface area contributed by atoms with Crippen LogP contribution in [0, 0.1) is 17.8 Å². The molecule has 2 heterocycles. The Labute approximate surface area is 161 Å². The first kappa shape index (κ1) is 19.5. The highest BCUT2D eigenvalue weighted by atomic mass is 16.7. The summed E-state index contributed by atoms with van der Waals surface area (Å²) in [7, 11) is 0. The summed E-state index contributed by atoms with van der Waals surface area (Å²) >= 11 is 0. The second kappa shape index (κ2) is 8.71. The number of aliphatic hydroxyl groups is 1. The fraction of sp³-hybridized carbons (Fsp3) is 0.947. The number of carbonyl (C=O) groups excluding carboxylic acids is 1. The summed E-state index contributed by atoms with van der Waals surface area (Å²) in [5.41, 5.74) is 6.39. The summed E-state index contributed by atoms with van der Waals surface area (Å²) in [4.78, 5) is 18.4. The number of hydroxylamine groups is 1. The highest BCUT2D eigenvalue weighted by molar-refractivity contribution is 5.82. The van der Waals surface area contributed by atoms with Gasteiger partial charge in [0.2, 0.25) is 5.91 Å². The third kappa shape index (κ3) is 4.16. The Morgan fingerprint density at radius 1 is 1.22 bits per heavy atom. The van der Waals surface area contributed by atoms with Gasteiger partial charge in [0.05, 0.1) is 12.8 Å². The number of aliphatic hydroxyl groups excluding tert-OH is 1. The molecule has 4 aliphatic rings. The van der Waals surface area contributed by atoms with Gasteiger partial charge in [-0.2, -0.15) is 5.48 Å². The largest absolute Gasteiger partial charge is 0.395 e. The molecule has 5 N–H and O–H groups in total. The number of nitrogens with zero attached hydrogens (tertiary/aromatic N) is 1. The average molecular weight is 382 g/mol. The number of nitrogens with one attached hydrogen (secondary N) is 4. The summed E-state index contributed by atoms with van der Waals surface area (Å²) in [6.45, 7) is 3.50. The van der Waals surface area contributed by atoms with E-state index in [1.54, 1.807) is 0 Å². The number of hydrogen-bond acceptors (Lipinski definition) is 7. The van der Waals surface area contributed by atoms with Gasteiger partial charge in [0.25, 0.3) is 0 Å². The van der Waals surface area contributed by atoms with Gasteiger partial charge >= 0.3 is 0 Å². The molecule has 154 valence electrons. The smallest absolute Gasteiger partial charge is 0.239 e. The van der Waals surface area contributed by atoms with Crippen LogP contribution < -0.4 is 21.5 Å². The zero-order chi connectivity index (χ0) is 18.8. The summed E-state index contributed by atoms with van der Waals surface area (Å²) in [6, 6.07) is 0.159. The van der Waals surface area contributed by atoms with Crippen molar-refractivity contribution in [2.45, 2.75) is 76.3 Å². The number of hydrazine groups is 1. The van der Waals surface area contributed by atoms with Crippen LogP contribution in [0.1, 0.15) is 51.9 Å². The Morgan fingerprint density at radius 2 is 2.07 bits per heavy atom. The highest BCUT2D eigenvalue weighted by Crippen LogP contribution is 2.45. The Balaban J connectivity index is 1.28. The van der Waals surface area contributed by atoms with Crippen LogP contribution in [-0.2, 0) is 9.63 Å². The molecular formula is C19H35N5O3. The van der Waals surface area contributed by atoms with Crippen molar-refractivity contribution >= 4 is 5.91 Å². The van der Waals surface area contributed by atoms with Gasteiger partial charge in [-0.1, -0.05) is 6.92 Å². The first-order chi connectivity index (χ1) is 13.2. The van der Waals surface area contributed by atoms with Gasteiger partial charge < -0.3 is 10.4 Å². The van der Waals surface area contributed by atoms with E-state index < -0.39 is 0 Å². The standard InChI is InChI=1S/C19H35N5O3/c1-2-17-22-18(23-27-17)13-3-5-14-12(11-13)4-6-15(14)21-19(26)16-7-8-20-24(16)9-10-25/h12-18,20,22-23,25H,2-11H2,1H3,(H,21,26)/t12?,13?,14?,15-,16?,17?,18?/m1/s1. The highest BCUT2D eigenvalue weighted by Gasteiger charge is 2.44. The number of fused-ring (bicyclic) bond motifs is 1. The predicted molar refractivity (Wildman–Crippen MR) is 101 cm³/mol. The molecule has 6 unspecified atom stereocenters. The van der Waals surface area contributed by atoms with Crippen molar-refractivity contribution in [1.82, 2.24) is 26.5 Å². The van der Waals surface area contributed by atoms with E-state index in [-0.39, 0.29) is 30.9 Å². The topological polar surface area (TPSA) is 97.9 Å². The summed E-state index contributed by atoms with van der Waals surface area (Å²) in [5, 5.41) is 18.0. The molecule has 0 bridgehead atoms. The van der Waals surface area contributed by atoms with E-state index in [9.17, 15) is 9.90 Å². The molecule has 2 aliphatic heterocycles. The Hall–Kier alpha value is -0.770. The van der Waals surface area contributed by atoms with Crippen LogP contribution in [-0.4, -0.2) is 60.2 Å². The lowest BCUT2D eigenvalue weighted by Gasteiger charge is -2.37. The SMILES string of the molecule is CCC1NC(C2CCC3C(CC[C@H]3NC(=O)C3CCNN3CCO)C2)NO1. The fourth-order valence-electron chi connectivity index (χ4n) is 5.64. The van der Waals surface area contributed by atoms with Gasteiger partial charge in [0.15, 0.2) is 0 Å². The van der Waals surface area contributed by atoms with Crippen molar-refractivity contribution in [3.8, 4) is 0 Å². The van der Waals surface area contributed by atoms with E-state index in [2.05, 4.69) is 28.5 Å². The van der Waals surface area contributed by atoms with E-state index in [4.69, 9.17) is 4.84 Å². The molecule has 27 heavy (non-hydrogen) atoms. The monoisotopic (exact) mass is 381 g/mol. The summed E-state index contributed by atoms with van der Waals surface area (Å²) in [6.07, 6.45) is 8.05. The molecule has 8 heteroatoms. The van der Waals surface area contributed by atoms with E-state index in [1.165, 1.54) is 25.7 Å². The first-order valence-electron chi connectivity index (χ1n) is 10.8. The van der Waals surface area contributed by atoms with Gasteiger partial charge in [-0.3, -0.25) is 20.4 Å². The maximum absolute atomic E-state index is 12.8. The Morgan fingerprint density at radius 3 is 2.85 bits per heavy atom. The average Bonchev–Trinajstić information content (AvgIpc) is 3.41. The van der Waals surface area contributed by atoms with Crippen LogP contribution >= 0.6 is 0 Å². The molecule has 2 aliphatic carbocycles. The van der Waals surface area contributed by atoms with Crippen molar-refractivity contribution in [1.29, 1.82) is 0 Å². The molecule has 0 radical (unpaired) electrons. The van der Waals surface area contributed by atoms with E-state index in [0.717, 1.165) is 25.8 Å². The van der Waals surface area contributed by atoms with Crippen molar-refractivity contribution in [3.05, 3.63) is 0 Å². The van der Waals surface area contributed by atoms with Gasteiger partial charge in [-0.25, -0.2) is 5.01 Å². The molecule has 1 amide bonds. The third-order valence-corrected chi connectivity index (χ3v) is 7.07. The maximum atomic E-state index is 12.8. The van der Waals surface area contributed by atoms with Gasteiger partial charge in [-0.05, 0) is 62.7 Å². The van der Waals surface area contributed by atoms with Crippen LogP contribution in [0.15, 0.2) is 0 Å². The van der Waals surface area contributed by atoms with E-state index >= 15 is 0 Å². The Kier molecular flexibility index (Phi) is 6.31. The van der Waals surface area contributed by atoms with Crippen molar-refractivity contribution < 1.29 is 14.7 Å². The molecule has 2 saturated heterocycles.